The zero-order valence-corrected chi connectivity index (χ0v) is 17.0. The average molecular weight is 367 g/mol. The van der Waals surface area contributed by atoms with E-state index in [4.69, 9.17) is 0 Å². The van der Waals surface area contributed by atoms with Crippen molar-refractivity contribution in [3.05, 3.63) is 47.3 Å². The second-order valence-electron chi connectivity index (χ2n) is 8.53. The van der Waals surface area contributed by atoms with Crippen molar-refractivity contribution in [3.8, 4) is 0 Å². The zero-order valence-electron chi connectivity index (χ0n) is 17.0. The quantitative estimate of drug-likeness (QED) is 0.882. The highest BCUT2D eigenvalue weighted by Gasteiger charge is 2.26. The molecule has 1 aromatic heterocycles. The molecule has 1 aliphatic heterocycles. The average Bonchev–Trinajstić information content (AvgIpc) is 2.61. The molecule has 0 bridgehead atoms. The van der Waals surface area contributed by atoms with Crippen LogP contribution < -0.4 is 10.2 Å². The van der Waals surface area contributed by atoms with E-state index in [-0.39, 0.29) is 17.2 Å². The predicted octanol–water partition coefficient (Wildman–Crippen LogP) is 4.25. The number of rotatable bonds is 3. The lowest BCUT2D eigenvalue weighted by Crippen LogP contribution is -2.39. The minimum Gasteiger partial charge on any atom is -0.341 e. The predicted molar refractivity (Wildman–Crippen MR) is 110 cm³/mol. The second kappa shape index (κ2) is 7.67. The Balaban J connectivity index is 1.57. The van der Waals surface area contributed by atoms with Gasteiger partial charge in [0.1, 0.15) is 0 Å². The van der Waals surface area contributed by atoms with Crippen molar-refractivity contribution >= 4 is 17.5 Å². The number of aromatic nitrogens is 2. The summed E-state index contributed by atoms with van der Waals surface area (Å²) in [5.41, 5.74) is 4.22. The summed E-state index contributed by atoms with van der Waals surface area (Å²) in [5, 5.41) is 3.07. The molecule has 1 amide bonds. The molecular weight excluding hydrogens is 336 g/mol. The largest absolute Gasteiger partial charge is 0.341 e. The molecule has 144 valence electrons. The van der Waals surface area contributed by atoms with E-state index < -0.39 is 0 Å². The van der Waals surface area contributed by atoms with Crippen LogP contribution in [0.25, 0.3) is 0 Å². The Morgan fingerprint density at radius 2 is 1.59 bits per heavy atom. The van der Waals surface area contributed by atoms with Crippen molar-refractivity contribution in [2.24, 2.45) is 5.92 Å². The van der Waals surface area contributed by atoms with Crippen LogP contribution in [0.3, 0.4) is 0 Å². The Morgan fingerprint density at radius 1 is 1.04 bits per heavy atom. The van der Waals surface area contributed by atoms with Crippen LogP contribution in [-0.4, -0.2) is 29.0 Å². The molecule has 1 fully saturated rings. The van der Waals surface area contributed by atoms with Crippen LogP contribution in [0.1, 0.15) is 50.6 Å². The first-order valence-corrected chi connectivity index (χ1v) is 9.71. The van der Waals surface area contributed by atoms with E-state index in [1.807, 2.05) is 32.0 Å². The summed E-state index contributed by atoms with van der Waals surface area (Å²) in [6.45, 7) is 12.2. The molecule has 5 nitrogen and oxygen atoms in total. The third kappa shape index (κ3) is 4.85. The normalized spacial score (nSPS) is 15.7. The topological polar surface area (TPSA) is 58.1 Å². The molecule has 27 heavy (non-hydrogen) atoms. The molecule has 0 radical (unpaired) electrons. The Hall–Kier alpha value is -2.43. The molecule has 0 atom stereocenters. The van der Waals surface area contributed by atoms with Crippen LogP contribution in [0.2, 0.25) is 0 Å². The number of anilines is 2. The van der Waals surface area contributed by atoms with Gasteiger partial charge in [0, 0.05) is 36.1 Å². The molecule has 0 saturated carbocycles. The van der Waals surface area contributed by atoms with Crippen molar-refractivity contribution in [1.29, 1.82) is 0 Å². The molecule has 0 spiro atoms. The van der Waals surface area contributed by atoms with Crippen LogP contribution in [0.5, 0.6) is 0 Å². The Kier molecular flexibility index (Phi) is 5.49. The summed E-state index contributed by atoms with van der Waals surface area (Å²) in [6, 6.07) is 10.2. The summed E-state index contributed by atoms with van der Waals surface area (Å²) >= 11 is 0. The van der Waals surface area contributed by atoms with Crippen LogP contribution >= 0.6 is 0 Å². The monoisotopic (exact) mass is 366 g/mol. The lowest BCUT2D eigenvalue weighted by atomic mass is 9.87. The molecule has 1 aliphatic rings. The highest BCUT2D eigenvalue weighted by atomic mass is 16.1. The number of piperidine rings is 1. The molecule has 5 heteroatoms. The van der Waals surface area contributed by atoms with E-state index >= 15 is 0 Å². The van der Waals surface area contributed by atoms with Gasteiger partial charge in [-0.05, 0) is 55.9 Å². The maximum absolute atomic E-state index is 12.6. The van der Waals surface area contributed by atoms with E-state index in [2.05, 4.69) is 53.1 Å². The van der Waals surface area contributed by atoms with Crippen LogP contribution in [0.4, 0.5) is 11.6 Å². The van der Waals surface area contributed by atoms with Gasteiger partial charge in [-0.2, -0.15) is 0 Å². The van der Waals surface area contributed by atoms with Gasteiger partial charge in [-0.3, -0.25) is 4.79 Å². The van der Waals surface area contributed by atoms with Gasteiger partial charge < -0.3 is 10.2 Å². The molecule has 2 aromatic rings. The standard InChI is InChI=1S/C22H30N4O/c1-15-14-16(2)24-21(23-15)26-12-10-17(11-13-26)20(27)25-19-8-6-18(7-9-19)22(3,4)5/h6-9,14,17H,10-13H2,1-5H3,(H,25,27). The number of hydrogen-bond donors (Lipinski definition) is 1. The number of carbonyl (C=O) groups is 1. The second-order valence-corrected chi connectivity index (χ2v) is 8.53. The van der Waals surface area contributed by atoms with Gasteiger partial charge in [-0.15, -0.1) is 0 Å². The number of amides is 1. The molecule has 1 N–H and O–H groups in total. The summed E-state index contributed by atoms with van der Waals surface area (Å²) in [7, 11) is 0. The first kappa shape index (κ1) is 19.3. The molecule has 3 rings (SSSR count). The zero-order chi connectivity index (χ0) is 19.6. The summed E-state index contributed by atoms with van der Waals surface area (Å²) in [5.74, 6) is 0.929. The molecule has 2 heterocycles. The molecule has 0 unspecified atom stereocenters. The van der Waals surface area contributed by atoms with Crippen molar-refractivity contribution in [2.45, 2.75) is 52.9 Å². The van der Waals surface area contributed by atoms with E-state index in [1.54, 1.807) is 0 Å². The first-order valence-electron chi connectivity index (χ1n) is 9.71. The van der Waals surface area contributed by atoms with E-state index in [9.17, 15) is 4.79 Å². The molecular formula is C22H30N4O. The van der Waals surface area contributed by atoms with Gasteiger partial charge in [0.15, 0.2) is 0 Å². The van der Waals surface area contributed by atoms with E-state index in [1.165, 1.54) is 5.56 Å². The lowest BCUT2D eigenvalue weighted by molar-refractivity contribution is -0.120. The minimum absolute atomic E-state index is 0.0365. The Morgan fingerprint density at radius 3 is 2.11 bits per heavy atom. The molecule has 1 aromatic carbocycles. The Bertz CT molecular complexity index is 780. The number of hydrogen-bond acceptors (Lipinski definition) is 4. The van der Waals surface area contributed by atoms with E-state index in [0.717, 1.165) is 49.0 Å². The number of benzene rings is 1. The van der Waals surface area contributed by atoms with Crippen molar-refractivity contribution in [2.75, 3.05) is 23.3 Å². The van der Waals surface area contributed by atoms with Gasteiger partial charge >= 0.3 is 0 Å². The molecule has 1 saturated heterocycles. The number of nitrogens with zero attached hydrogens (tertiary/aromatic N) is 3. The number of aryl methyl sites for hydroxylation is 2. The SMILES string of the molecule is Cc1cc(C)nc(N2CCC(C(=O)Nc3ccc(C(C)(C)C)cc3)CC2)n1. The molecule has 0 aliphatic carbocycles. The van der Waals surface area contributed by atoms with Gasteiger partial charge in [-0.1, -0.05) is 32.9 Å². The smallest absolute Gasteiger partial charge is 0.227 e. The Labute approximate surface area is 162 Å². The van der Waals surface area contributed by atoms with Crippen molar-refractivity contribution in [3.63, 3.8) is 0 Å². The highest BCUT2D eigenvalue weighted by Crippen LogP contribution is 2.25. The third-order valence-corrected chi connectivity index (χ3v) is 5.14. The summed E-state index contributed by atoms with van der Waals surface area (Å²) in [6.07, 6.45) is 1.64. The summed E-state index contributed by atoms with van der Waals surface area (Å²) in [4.78, 5) is 23.9. The van der Waals surface area contributed by atoms with Crippen molar-refractivity contribution in [1.82, 2.24) is 9.97 Å². The summed E-state index contributed by atoms with van der Waals surface area (Å²) < 4.78 is 0. The van der Waals surface area contributed by atoms with Gasteiger partial charge in [0.2, 0.25) is 11.9 Å². The highest BCUT2D eigenvalue weighted by molar-refractivity contribution is 5.92. The minimum atomic E-state index is 0.0365. The van der Waals surface area contributed by atoms with Crippen LogP contribution in [0, 0.1) is 19.8 Å². The fourth-order valence-corrected chi connectivity index (χ4v) is 3.49. The van der Waals surface area contributed by atoms with Gasteiger partial charge in [0.25, 0.3) is 0 Å². The van der Waals surface area contributed by atoms with Gasteiger partial charge in [-0.25, -0.2) is 9.97 Å². The fraction of sp³-hybridized carbons (Fsp3) is 0.500. The van der Waals surface area contributed by atoms with Crippen molar-refractivity contribution < 1.29 is 4.79 Å². The first-order chi connectivity index (χ1) is 12.7. The maximum Gasteiger partial charge on any atom is 0.227 e. The van der Waals surface area contributed by atoms with Crippen LogP contribution in [-0.2, 0) is 10.2 Å². The number of carbonyl (C=O) groups excluding carboxylic acids is 1. The van der Waals surface area contributed by atoms with E-state index in [0.29, 0.717) is 0 Å². The lowest BCUT2D eigenvalue weighted by Gasteiger charge is -2.31. The van der Waals surface area contributed by atoms with Gasteiger partial charge in [0.05, 0.1) is 0 Å². The maximum atomic E-state index is 12.6. The third-order valence-electron chi connectivity index (χ3n) is 5.14. The van der Waals surface area contributed by atoms with Crippen LogP contribution in [0.15, 0.2) is 30.3 Å². The fourth-order valence-electron chi connectivity index (χ4n) is 3.49. The number of nitrogens with one attached hydrogen (secondary N) is 1.